The summed E-state index contributed by atoms with van der Waals surface area (Å²) >= 11 is 0. The number of anilines is 1. The Morgan fingerprint density at radius 1 is 1.00 bits per heavy atom. The largest absolute Gasteiger partial charge is 0.451 e. The first kappa shape index (κ1) is 21.4. The van der Waals surface area contributed by atoms with E-state index in [-0.39, 0.29) is 12.5 Å². The predicted molar refractivity (Wildman–Crippen MR) is 101 cm³/mol. The molecule has 1 aromatic carbocycles. The Bertz CT molecular complexity index is 1070. The van der Waals surface area contributed by atoms with Crippen LogP contribution in [0.25, 0.3) is 10.9 Å². The Balaban J connectivity index is 1.86. The lowest BCUT2D eigenvalue weighted by molar-refractivity contribution is -0.155. The van der Waals surface area contributed by atoms with Crippen LogP contribution in [-0.2, 0) is 18.8 Å². The van der Waals surface area contributed by atoms with E-state index < -0.39 is 36.0 Å². The Morgan fingerprint density at radius 2 is 1.61 bits per heavy atom. The summed E-state index contributed by atoms with van der Waals surface area (Å²) in [4.78, 5) is 14.1. The number of para-hydroxylation sites is 1. The van der Waals surface area contributed by atoms with Crippen molar-refractivity contribution in [3.05, 3.63) is 47.2 Å². The smallest absolute Gasteiger partial charge is 0.356 e. The van der Waals surface area contributed by atoms with Crippen LogP contribution in [0.5, 0.6) is 0 Å². The van der Waals surface area contributed by atoms with E-state index >= 15 is 0 Å². The molecule has 5 nitrogen and oxygen atoms in total. The first-order valence-corrected chi connectivity index (χ1v) is 9.71. The van der Waals surface area contributed by atoms with Crippen molar-refractivity contribution in [1.82, 2.24) is 19.9 Å². The van der Waals surface area contributed by atoms with Crippen LogP contribution in [-0.4, -0.2) is 26.5 Å². The number of hydrogen-bond acceptors (Lipinski definition) is 4. The number of benzene rings is 1. The molecule has 166 valence electrons. The molecule has 3 heterocycles. The fourth-order valence-corrected chi connectivity index (χ4v) is 4.00. The number of H-pyrrole nitrogens is 1. The molecule has 0 aliphatic carbocycles. The molecule has 0 unspecified atom stereocenters. The minimum absolute atomic E-state index is 0.121. The van der Waals surface area contributed by atoms with Gasteiger partial charge in [-0.25, -0.2) is 4.98 Å². The predicted octanol–water partition coefficient (Wildman–Crippen LogP) is 5.54. The summed E-state index contributed by atoms with van der Waals surface area (Å²) < 4.78 is 79.5. The van der Waals surface area contributed by atoms with Crippen LogP contribution in [0.3, 0.4) is 0 Å². The molecule has 0 spiro atoms. The van der Waals surface area contributed by atoms with Gasteiger partial charge < -0.3 is 9.88 Å². The normalized spacial score (nSPS) is 17.5. The molecule has 2 aromatic heterocycles. The Hall–Kier alpha value is -2.85. The summed E-state index contributed by atoms with van der Waals surface area (Å²) in [5.41, 5.74) is 2.65. The maximum Gasteiger partial charge on any atom is 0.451 e. The molecular formula is C20H19F6N5. The lowest BCUT2D eigenvalue weighted by atomic mass is 9.92. The molecule has 0 fully saturated rings. The van der Waals surface area contributed by atoms with E-state index in [0.717, 1.165) is 22.2 Å². The molecule has 1 aliphatic rings. The van der Waals surface area contributed by atoms with Gasteiger partial charge in [0.05, 0.1) is 6.04 Å². The van der Waals surface area contributed by atoms with E-state index in [1.54, 1.807) is 0 Å². The minimum atomic E-state index is -5.13. The average Bonchev–Trinajstić information content (AvgIpc) is 3.05. The maximum absolute atomic E-state index is 13.2. The molecule has 11 heteroatoms. The Kier molecular flexibility index (Phi) is 5.09. The lowest BCUT2D eigenvalue weighted by Crippen LogP contribution is -2.38. The molecule has 0 saturated heterocycles. The van der Waals surface area contributed by atoms with Gasteiger partial charge >= 0.3 is 12.4 Å². The average molecular weight is 443 g/mol. The number of alkyl halides is 6. The van der Waals surface area contributed by atoms with Gasteiger partial charge in [-0.2, -0.15) is 36.3 Å². The van der Waals surface area contributed by atoms with E-state index in [1.807, 2.05) is 38.1 Å². The van der Waals surface area contributed by atoms with Crippen molar-refractivity contribution in [2.45, 2.75) is 45.1 Å². The van der Waals surface area contributed by atoms with Crippen LogP contribution in [0.4, 0.5) is 32.3 Å². The summed E-state index contributed by atoms with van der Waals surface area (Å²) in [6.07, 6.45) is -9.34. The Morgan fingerprint density at radius 3 is 2.19 bits per heavy atom. The molecule has 3 aromatic rings. The molecule has 31 heavy (non-hydrogen) atoms. The second kappa shape index (κ2) is 7.38. The number of nitrogens with one attached hydrogen (secondary N) is 1. The third kappa shape index (κ3) is 4.05. The minimum Gasteiger partial charge on any atom is -0.356 e. The number of nitrogens with zero attached hydrogens (tertiary/aromatic N) is 4. The fourth-order valence-electron chi connectivity index (χ4n) is 4.00. The van der Waals surface area contributed by atoms with Crippen molar-refractivity contribution in [2.75, 3.05) is 11.4 Å². The van der Waals surface area contributed by atoms with Gasteiger partial charge in [0.15, 0.2) is 0 Å². The van der Waals surface area contributed by atoms with Gasteiger partial charge in [0.2, 0.25) is 17.6 Å². The van der Waals surface area contributed by atoms with Gasteiger partial charge in [0.25, 0.3) is 0 Å². The number of aromatic amines is 1. The third-order valence-corrected chi connectivity index (χ3v) is 5.24. The van der Waals surface area contributed by atoms with Crippen LogP contribution >= 0.6 is 0 Å². The SMILES string of the molecule is CC(C)C[C@H]1c2[nH]c3ccccc3c2CCN1c1nc(C(F)(F)F)nc(C(F)(F)F)n1. The summed E-state index contributed by atoms with van der Waals surface area (Å²) in [5.74, 6) is -4.20. The molecule has 0 bridgehead atoms. The molecule has 1 aliphatic heterocycles. The number of halogens is 6. The zero-order valence-electron chi connectivity index (χ0n) is 16.6. The summed E-state index contributed by atoms with van der Waals surface area (Å²) in [5, 5.41) is 0.994. The second-order valence-corrected chi connectivity index (χ2v) is 7.93. The van der Waals surface area contributed by atoms with Crippen molar-refractivity contribution in [2.24, 2.45) is 5.92 Å². The van der Waals surface area contributed by atoms with Crippen molar-refractivity contribution in [3.8, 4) is 0 Å². The number of hydrogen-bond donors (Lipinski definition) is 1. The van der Waals surface area contributed by atoms with Gasteiger partial charge in [0, 0.05) is 23.1 Å². The first-order valence-electron chi connectivity index (χ1n) is 9.71. The lowest BCUT2D eigenvalue weighted by Gasteiger charge is -2.37. The highest BCUT2D eigenvalue weighted by Crippen LogP contribution is 2.40. The fraction of sp³-hybridized carbons (Fsp3) is 0.450. The van der Waals surface area contributed by atoms with Crippen molar-refractivity contribution >= 4 is 16.9 Å². The second-order valence-electron chi connectivity index (χ2n) is 7.93. The quantitative estimate of drug-likeness (QED) is 0.540. The van der Waals surface area contributed by atoms with Gasteiger partial charge in [0.1, 0.15) is 0 Å². The Labute approximate surface area is 173 Å². The highest BCUT2D eigenvalue weighted by atomic mass is 19.4. The standard InChI is InChI=1S/C20H19F6N5/c1-10(2)9-14-15-12(11-5-3-4-6-13(11)27-15)7-8-31(14)18-29-16(19(21,22)23)28-17(30-18)20(24,25)26/h3-6,10,14,27H,7-9H2,1-2H3/t14-/m0/s1. The zero-order valence-corrected chi connectivity index (χ0v) is 16.6. The van der Waals surface area contributed by atoms with Crippen LogP contribution < -0.4 is 4.90 Å². The van der Waals surface area contributed by atoms with E-state index in [0.29, 0.717) is 12.8 Å². The highest BCUT2D eigenvalue weighted by molar-refractivity contribution is 5.85. The van der Waals surface area contributed by atoms with Crippen molar-refractivity contribution < 1.29 is 26.3 Å². The summed E-state index contributed by atoms with van der Waals surface area (Å²) in [6.45, 7) is 4.06. The van der Waals surface area contributed by atoms with E-state index in [9.17, 15) is 26.3 Å². The van der Waals surface area contributed by atoms with Gasteiger partial charge in [-0.05, 0) is 30.4 Å². The maximum atomic E-state index is 13.2. The van der Waals surface area contributed by atoms with Crippen LogP contribution in [0.1, 0.15) is 49.2 Å². The van der Waals surface area contributed by atoms with E-state index in [2.05, 4.69) is 19.9 Å². The third-order valence-electron chi connectivity index (χ3n) is 5.24. The molecule has 0 radical (unpaired) electrons. The molecule has 1 N–H and O–H groups in total. The monoisotopic (exact) mass is 443 g/mol. The number of rotatable bonds is 3. The van der Waals surface area contributed by atoms with Crippen molar-refractivity contribution in [1.29, 1.82) is 0 Å². The van der Waals surface area contributed by atoms with Gasteiger partial charge in [-0.1, -0.05) is 32.0 Å². The topological polar surface area (TPSA) is 57.7 Å². The van der Waals surface area contributed by atoms with Gasteiger partial charge in [-0.15, -0.1) is 0 Å². The van der Waals surface area contributed by atoms with Gasteiger partial charge in [-0.3, -0.25) is 0 Å². The van der Waals surface area contributed by atoms with E-state index in [1.165, 1.54) is 4.90 Å². The molecule has 1 atom stereocenters. The first-order chi connectivity index (χ1) is 14.4. The highest BCUT2D eigenvalue weighted by Gasteiger charge is 2.43. The summed E-state index contributed by atoms with van der Waals surface area (Å²) in [6, 6.07) is 7.07. The zero-order chi connectivity index (χ0) is 22.6. The summed E-state index contributed by atoms with van der Waals surface area (Å²) in [7, 11) is 0. The van der Waals surface area contributed by atoms with E-state index in [4.69, 9.17) is 0 Å². The number of fused-ring (bicyclic) bond motifs is 3. The van der Waals surface area contributed by atoms with Crippen LogP contribution in [0, 0.1) is 5.92 Å². The molecule has 4 rings (SSSR count). The number of aromatic nitrogens is 4. The molecule has 0 amide bonds. The van der Waals surface area contributed by atoms with Crippen molar-refractivity contribution in [3.63, 3.8) is 0 Å². The van der Waals surface area contributed by atoms with Crippen LogP contribution in [0.2, 0.25) is 0 Å². The molecular weight excluding hydrogens is 424 g/mol. The van der Waals surface area contributed by atoms with Crippen LogP contribution in [0.15, 0.2) is 24.3 Å². The molecule has 0 saturated carbocycles.